The van der Waals surface area contributed by atoms with Crippen molar-refractivity contribution in [3.8, 4) is 0 Å². The quantitative estimate of drug-likeness (QED) is 0.857. The second-order valence-electron chi connectivity index (χ2n) is 4.28. The van der Waals surface area contributed by atoms with Gasteiger partial charge in [-0.15, -0.1) is 0 Å². The van der Waals surface area contributed by atoms with Gasteiger partial charge in [0.1, 0.15) is 11.0 Å². The van der Waals surface area contributed by atoms with Crippen LogP contribution in [0.25, 0.3) is 0 Å². The first-order valence-electron chi connectivity index (χ1n) is 5.86. The van der Waals surface area contributed by atoms with Crippen molar-refractivity contribution in [1.29, 1.82) is 0 Å². The Morgan fingerprint density at radius 2 is 2.05 bits per heavy atom. The molecule has 0 radical (unpaired) electrons. The van der Waals surface area contributed by atoms with Crippen molar-refractivity contribution < 1.29 is 9.53 Å². The zero-order chi connectivity index (χ0) is 13.2. The van der Waals surface area contributed by atoms with E-state index < -0.39 is 0 Å². The molecule has 96 valence electrons. The van der Waals surface area contributed by atoms with Gasteiger partial charge in [0.05, 0.1) is 13.2 Å². The number of rotatable bonds is 2. The Balaban J connectivity index is 1.81. The van der Waals surface area contributed by atoms with E-state index >= 15 is 0 Å². The SMILES string of the molecule is O=C(Nc1cccc(Cl)n1)c1ccc2c(c1)COC2. The van der Waals surface area contributed by atoms with Crippen LogP contribution in [-0.4, -0.2) is 10.9 Å². The Labute approximate surface area is 115 Å². The van der Waals surface area contributed by atoms with E-state index in [0.717, 1.165) is 11.1 Å². The van der Waals surface area contributed by atoms with Crippen molar-refractivity contribution in [1.82, 2.24) is 4.98 Å². The summed E-state index contributed by atoms with van der Waals surface area (Å²) in [5.41, 5.74) is 2.79. The van der Waals surface area contributed by atoms with Gasteiger partial charge in [-0.1, -0.05) is 23.7 Å². The average molecular weight is 275 g/mol. The highest BCUT2D eigenvalue weighted by Gasteiger charge is 2.14. The van der Waals surface area contributed by atoms with Gasteiger partial charge in [-0.25, -0.2) is 4.98 Å². The smallest absolute Gasteiger partial charge is 0.256 e. The molecule has 4 nitrogen and oxygen atoms in total. The lowest BCUT2D eigenvalue weighted by molar-refractivity contribution is 0.102. The Hall–Kier alpha value is -1.91. The molecule has 1 amide bonds. The first kappa shape index (κ1) is 12.1. The van der Waals surface area contributed by atoms with E-state index in [2.05, 4.69) is 10.3 Å². The summed E-state index contributed by atoms with van der Waals surface area (Å²) in [4.78, 5) is 16.1. The number of nitrogens with one attached hydrogen (secondary N) is 1. The minimum Gasteiger partial charge on any atom is -0.372 e. The summed E-state index contributed by atoms with van der Waals surface area (Å²) in [7, 11) is 0. The normalized spacial score (nSPS) is 13.1. The molecule has 0 atom stereocenters. The monoisotopic (exact) mass is 274 g/mol. The number of halogens is 1. The molecule has 1 N–H and O–H groups in total. The van der Waals surface area contributed by atoms with Gasteiger partial charge in [-0.2, -0.15) is 0 Å². The van der Waals surface area contributed by atoms with Crippen LogP contribution in [0.4, 0.5) is 5.82 Å². The largest absolute Gasteiger partial charge is 0.372 e. The summed E-state index contributed by atoms with van der Waals surface area (Å²) in [6, 6.07) is 10.6. The molecular weight excluding hydrogens is 264 g/mol. The maximum Gasteiger partial charge on any atom is 0.256 e. The van der Waals surface area contributed by atoms with Gasteiger partial charge in [0, 0.05) is 5.56 Å². The van der Waals surface area contributed by atoms with Gasteiger partial charge in [0.25, 0.3) is 5.91 Å². The first-order valence-corrected chi connectivity index (χ1v) is 6.23. The Bertz CT molecular complexity index is 643. The number of hydrogen-bond acceptors (Lipinski definition) is 3. The second kappa shape index (κ2) is 4.99. The second-order valence-corrected chi connectivity index (χ2v) is 4.66. The van der Waals surface area contributed by atoms with Crippen LogP contribution >= 0.6 is 11.6 Å². The third-order valence-electron chi connectivity index (χ3n) is 2.94. The molecule has 5 heteroatoms. The minimum absolute atomic E-state index is 0.204. The van der Waals surface area contributed by atoms with Gasteiger partial charge in [0.2, 0.25) is 0 Å². The van der Waals surface area contributed by atoms with Crippen LogP contribution in [0.2, 0.25) is 5.15 Å². The fourth-order valence-corrected chi connectivity index (χ4v) is 2.14. The fourth-order valence-electron chi connectivity index (χ4n) is 1.98. The van der Waals surface area contributed by atoms with E-state index in [9.17, 15) is 4.79 Å². The highest BCUT2D eigenvalue weighted by atomic mass is 35.5. The average Bonchev–Trinajstić information content (AvgIpc) is 2.85. The highest BCUT2D eigenvalue weighted by molar-refractivity contribution is 6.29. The third kappa shape index (κ3) is 2.59. The van der Waals surface area contributed by atoms with Crippen LogP contribution in [-0.2, 0) is 18.0 Å². The summed E-state index contributed by atoms with van der Waals surface area (Å²) >= 11 is 5.77. The first-order chi connectivity index (χ1) is 9.22. The molecule has 3 rings (SSSR count). The predicted octanol–water partition coefficient (Wildman–Crippen LogP) is 3.02. The minimum atomic E-state index is -0.204. The summed E-state index contributed by atoms with van der Waals surface area (Å²) < 4.78 is 5.32. The molecule has 0 spiro atoms. The Morgan fingerprint density at radius 1 is 1.21 bits per heavy atom. The third-order valence-corrected chi connectivity index (χ3v) is 3.15. The van der Waals surface area contributed by atoms with Crippen molar-refractivity contribution in [2.75, 3.05) is 5.32 Å². The van der Waals surface area contributed by atoms with Crippen LogP contribution < -0.4 is 5.32 Å². The van der Waals surface area contributed by atoms with Crippen molar-refractivity contribution in [3.63, 3.8) is 0 Å². The van der Waals surface area contributed by atoms with Crippen molar-refractivity contribution in [3.05, 3.63) is 58.2 Å². The van der Waals surface area contributed by atoms with Crippen molar-refractivity contribution in [2.45, 2.75) is 13.2 Å². The van der Waals surface area contributed by atoms with Gasteiger partial charge in [0.15, 0.2) is 0 Å². The lowest BCUT2D eigenvalue weighted by Gasteiger charge is -2.06. The summed E-state index contributed by atoms with van der Waals surface area (Å²) in [5, 5.41) is 3.06. The lowest BCUT2D eigenvalue weighted by atomic mass is 10.1. The highest BCUT2D eigenvalue weighted by Crippen LogP contribution is 2.21. The van der Waals surface area contributed by atoms with Gasteiger partial charge in [-0.05, 0) is 35.4 Å². The summed E-state index contributed by atoms with van der Waals surface area (Å²) in [6.07, 6.45) is 0. The molecule has 0 unspecified atom stereocenters. The van der Waals surface area contributed by atoms with Crippen molar-refractivity contribution in [2.24, 2.45) is 0 Å². The van der Waals surface area contributed by atoms with Gasteiger partial charge in [-0.3, -0.25) is 4.79 Å². The molecule has 1 aliphatic rings. The van der Waals surface area contributed by atoms with E-state index in [-0.39, 0.29) is 5.91 Å². The number of carbonyl (C=O) groups is 1. The van der Waals surface area contributed by atoms with Gasteiger partial charge < -0.3 is 10.1 Å². The van der Waals surface area contributed by atoms with Crippen LogP contribution in [0.1, 0.15) is 21.5 Å². The molecule has 1 aromatic heterocycles. The molecule has 2 aromatic rings. The lowest BCUT2D eigenvalue weighted by Crippen LogP contribution is -2.13. The zero-order valence-electron chi connectivity index (χ0n) is 10.0. The van der Waals surface area contributed by atoms with Crippen molar-refractivity contribution >= 4 is 23.3 Å². The van der Waals surface area contributed by atoms with Crippen LogP contribution in [0, 0.1) is 0 Å². The van der Waals surface area contributed by atoms with E-state index in [1.54, 1.807) is 24.3 Å². The number of fused-ring (bicyclic) bond motifs is 1. The zero-order valence-corrected chi connectivity index (χ0v) is 10.8. The molecule has 2 heterocycles. The number of pyridine rings is 1. The molecule has 0 bridgehead atoms. The molecule has 0 saturated heterocycles. The maximum absolute atomic E-state index is 12.1. The predicted molar refractivity (Wildman–Crippen MR) is 72.1 cm³/mol. The molecular formula is C14H11ClN2O2. The number of amides is 1. The number of anilines is 1. The molecule has 0 aliphatic carbocycles. The van der Waals surface area contributed by atoms with Gasteiger partial charge >= 0.3 is 0 Å². The Morgan fingerprint density at radius 3 is 2.89 bits per heavy atom. The fraction of sp³-hybridized carbons (Fsp3) is 0.143. The van der Waals surface area contributed by atoms with Crippen LogP contribution in [0.15, 0.2) is 36.4 Å². The van der Waals surface area contributed by atoms with Crippen LogP contribution in [0.5, 0.6) is 0 Å². The standard InChI is InChI=1S/C14H11ClN2O2/c15-12-2-1-3-13(16-12)17-14(18)9-4-5-10-7-19-8-11(10)6-9/h1-6H,7-8H2,(H,16,17,18). The molecule has 19 heavy (non-hydrogen) atoms. The summed E-state index contributed by atoms with van der Waals surface area (Å²) in [6.45, 7) is 1.18. The molecule has 1 aliphatic heterocycles. The maximum atomic E-state index is 12.1. The topological polar surface area (TPSA) is 51.2 Å². The number of hydrogen-bond donors (Lipinski definition) is 1. The molecule has 1 aromatic carbocycles. The molecule has 0 fully saturated rings. The van der Waals surface area contributed by atoms with E-state index in [1.165, 1.54) is 0 Å². The van der Waals surface area contributed by atoms with E-state index in [0.29, 0.717) is 29.7 Å². The number of carbonyl (C=O) groups excluding carboxylic acids is 1. The van der Waals surface area contributed by atoms with Crippen LogP contribution in [0.3, 0.4) is 0 Å². The number of benzene rings is 1. The Kier molecular flexibility index (Phi) is 3.19. The molecule has 0 saturated carbocycles. The van der Waals surface area contributed by atoms with E-state index in [4.69, 9.17) is 16.3 Å². The number of nitrogens with zero attached hydrogens (tertiary/aromatic N) is 1. The number of ether oxygens (including phenoxy) is 1. The summed E-state index contributed by atoms with van der Waals surface area (Å²) in [5.74, 6) is 0.235. The number of aromatic nitrogens is 1. The van der Waals surface area contributed by atoms with E-state index in [1.807, 2.05) is 12.1 Å².